The van der Waals surface area contributed by atoms with E-state index in [1.54, 1.807) is 0 Å². The summed E-state index contributed by atoms with van der Waals surface area (Å²) in [6.45, 7) is 3.27. The summed E-state index contributed by atoms with van der Waals surface area (Å²) < 4.78 is 5.34. The molecule has 3 heteroatoms. The Morgan fingerprint density at radius 2 is 2.05 bits per heavy atom. The summed E-state index contributed by atoms with van der Waals surface area (Å²) in [5.41, 5.74) is 1.05. The summed E-state index contributed by atoms with van der Waals surface area (Å²) in [6.07, 6.45) is 3.38. The Morgan fingerprint density at radius 1 is 1.23 bits per heavy atom. The predicted molar refractivity (Wildman–Crippen MR) is 89.0 cm³/mol. The van der Waals surface area contributed by atoms with Crippen LogP contribution in [-0.4, -0.2) is 25.2 Å². The first-order chi connectivity index (χ1) is 10.8. The van der Waals surface area contributed by atoms with E-state index in [2.05, 4.69) is 35.6 Å². The van der Waals surface area contributed by atoms with E-state index in [0.717, 1.165) is 18.5 Å². The number of nitrogens with one attached hydrogen (secondary N) is 1. The summed E-state index contributed by atoms with van der Waals surface area (Å²) >= 11 is 0. The first-order valence-electron chi connectivity index (χ1n) is 8.18. The van der Waals surface area contributed by atoms with E-state index in [9.17, 15) is 4.79 Å². The molecule has 116 valence electrons. The van der Waals surface area contributed by atoms with Crippen LogP contribution in [0.25, 0.3) is 10.8 Å². The van der Waals surface area contributed by atoms with Crippen LogP contribution in [0.1, 0.15) is 37.7 Å². The van der Waals surface area contributed by atoms with Gasteiger partial charge in [0.25, 0.3) is 0 Å². The van der Waals surface area contributed by atoms with Crippen LogP contribution in [-0.2, 0) is 9.53 Å². The smallest absolute Gasteiger partial charge is 0.315 e. The summed E-state index contributed by atoms with van der Waals surface area (Å²) in [5, 5.41) is 5.88. The van der Waals surface area contributed by atoms with Crippen molar-refractivity contribution in [3.8, 4) is 0 Å². The quantitative estimate of drug-likeness (QED) is 0.876. The summed E-state index contributed by atoms with van der Waals surface area (Å²) in [5.74, 6) is -0.331. The minimum absolute atomic E-state index is 0.114. The van der Waals surface area contributed by atoms with E-state index in [-0.39, 0.29) is 17.9 Å². The van der Waals surface area contributed by atoms with E-state index in [1.807, 2.05) is 19.1 Å². The zero-order valence-electron chi connectivity index (χ0n) is 13.0. The molecular formula is C19H23NO2. The lowest BCUT2D eigenvalue weighted by atomic mass is 9.85. The Bertz CT molecular complexity index is 647. The van der Waals surface area contributed by atoms with Crippen LogP contribution < -0.4 is 5.32 Å². The molecule has 0 aliphatic carbocycles. The number of rotatable bonds is 4. The Hall–Kier alpha value is -1.87. The van der Waals surface area contributed by atoms with Crippen LogP contribution >= 0.6 is 0 Å². The molecular weight excluding hydrogens is 274 g/mol. The first-order valence-corrected chi connectivity index (χ1v) is 8.18. The Labute approximate surface area is 131 Å². The predicted octanol–water partition coefficient (Wildman–Crippen LogP) is 3.63. The second-order valence-electron chi connectivity index (χ2n) is 5.89. The molecule has 0 amide bonds. The molecule has 1 N–H and O–H groups in total. The number of esters is 1. The average Bonchev–Trinajstić information content (AvgIpc) is 2.56. The molecule has 3 nitrogen and oxygen atoms in total. The van der Waals surface area contributed by atoms with Gasteiger partial charge in [0, 0.05) is 6.04 Å². The molecule has 1 aliphatic rings. The molecule has 0 saturated carbocycles. The van der Waals surface area contributed by atoms with Gasteiger partial charge in [0.05, 0.1) is 12.5 Å². The topological polar surface area (TPSA) is 38.3 Å². The van der Waals surface area contributed by atoms with Crippen molar-refractivity contribution in [1.29, 1.82) is 0 Å². The molecule has 0 aromatic heterocycles. The number of hydrogen-bond donors (Lipinski definition) is 1. The van der Waals surface area contributed by atoms with Gasteiger partial charge < -0.3 is 10.1 Å². The van der Waals surface area contributed by atoms with Crippen molar-refractivity contribution >= 4 is 16.7 Å². The number of carbonyl (C=O) groups is 1. The van der Waals surface area contributed by atoms with Crippen molar-refractivity contribution in [1.82, 2.24) is 5.32 Å². The SMILES string of the molecule is CCOC(=O)[C@@H](c1ccc2ccccc2c1)[C@@H]1CCCCN1. The van der Waals surface area contributed by atoms with Crippen LogP contribution in [0.5, 0.6) is 0 Å². The van der Waals surface area contributed by atoms with Gasteiger partial charge >= 0.3 is 5.97 Å². The molecule has 0 radical (unpaired) electrons. The molecule has 1 heterocycles. The fourth-order valence-electron chi connectivity index (χ4n) is 3.33. The minimum Gasteiger partial charge on any atom is -0.465 e. The normalized spacial score (nSPS) is 19.8. The lowest BCUT2D eigenvalue weighted by molar-refractivity contribution is -0.145. The highest BCUT2D eigenvalue weighted by Gasteiger charge is 2.32. The van der Waals surface area contributed by atoms with Crippen LogP contribution in [0.4, 0.5) is 0 Å². The maximum absolute atomic E-state index is 12.5. The molecule has 0 spiro atoms. The van der Waals surface area contributed by atoms with E-state index in [0.29, 0.717) is 6.61 Å². The van der Waals surface area contributed by atoms with Gasteiger partial charge in [-0.05, 0) is 42.6 Å². The molecule has 1 aliphatic heterocycles. The second-order valence-corrected chi connectivity index (χ2v) is 5.89. The first kappa shape index (κ1) is 15.0. The van der Waals surface area contributed by atoms with Gasteiger partial charge in [-0.15, -0.1) is 0 Å². The highest BCUT2D eigenvalue weighted by Crippen LogP contribution is 2.29. The fraction of sp³-hybridized carbons (Fsp3) is 0.421. The highest BCUT2D eigenvalue weighted by atomic mass is 16.5. The highest BCUT2D eigenvalue weighted by molar-refractivity contribution is 5.86. The largest absolute Gasteiger partial charge is 0.465 e. The van der Waals surface area contributed by atoms with Crippen LogP contribution in [0, 0.1) is 0 Å². The van der Waals surface area contributed by atoms with Crippen LogP contribution in [0.2, 0.25) is 0 Å². The number of hydrogen-bond acceptors (Lipinski definition) is 3. The average molecular weight is 297 g/mol. The maximum Gasteiger partial charge on any atom is 0.315 e. The lowest BCUT2D eigenvalue weighted by Crippen LogP contribution is -2.42. The minimum atomic E-state index is -0.218. The third-order valence-electron chi connectivity index (χ3n) is 4.42. The molecule has 2 aromatic carbocycles. The number of carbonyl (C=O) groups excluding carboxylic acids is 1. The van der Waals surface area contributed by atoms with Gasteiger partial charge in [0.1, 0.15) is 0 Å². The third kappa shape index (κ3) is 3.14. The molecule has 22 heavy (non-hydrogen) atoms. The second kappa shape index (κ2) is 6.93. The molecule has 3 rings (SSSR count). The van der Waals surface area contributed by atoms with E-state index in [1.165, 1.54) is 23.6 Å². The van der Waals surface area contributed by atoms with Gasteiger partial charge in [-0.2, -0.15) is 0 Å². The Balaban J connectivity index is 1.96. The van der Waals surface area contributed by atoms with Crippen LogP contribution in [0.3, 0.4) is 0 Å². The molecule has 1 saturated heterocycles. The molecule has 0 unspecified atom stereocenters. The number of piperidine rings is 1. The van der Waals surface area contributed by atoms with Gasteiger partial charge in [-0.25, -0.2) is 0 Å². The number of fused-ring (bicyclic) bond motifs is 1. The molecule has 0 bridgehead atoms. The van der Waals surface area contributed by atoms with Crippen molar-refractivity contribution < 1.29 is 9.53 Å². The van der Waals surface area contributed by atoms with Crippen LogP contribution in [0.15, 0.2) is 42.5 Å². The fourth-order valence-corrected chi connectivity index (χ4v) is 3.33. The summed E-state index contributed by atoms with van der Waals surface area (Å²) in [4.78, 5) is 12.5. The van der Waals surface area contributed by atoms with Gasteiger partial charge in [-0.1, -0.05) is 48.9 Å². The van der Waals surface area contributed by atoms with Crippen molar-refractivity contribution in [2.75, 3.05) is 13.2 Å². The summed E-state index contributed by atoms with van der Waals surface area (Å²) in [6, 6.07) is 14.7. The lowest BCUT2D eigenvalue weighted by Gasteiger charge is -2.30. The molecule has 2 aromatic rings. The van der Waals surface area contributed by atoms with Gasteiger partial charge in [0.15, 0.2) is 0 Å². The summed E-state index contributed by atoms with van der Waals surface area (Å²) in [7, 11) is 0. The zero-order valence-corrected chi connectivity index (χ0v) is 13.0. The number of ether oxygens (including phenoxy) is 1. The number of benzene rings is 2. The van der Waals surface area contributed by atoms with Gasteiger partial charge in [0.2, 0.25) is 0 Å². The monoisotopic (exact) mass is 297 g/mol. The van der Waals surface area contributed by atoms with E-state index in [4.69, 9.17) is 4.74 Å². The van der Waals surface area contributed by atoms with E-state index < -0.39 is 0 Å². The zero-order chi connectivity index (χ0) is 15.4. The van der Waals surface area contributed by atoms with E-state index >= 15 is 0 Å². The molecule has 2 atom stereocenters. The third-order valence-corrected chi connectivity index (χ3v) is 4.42. The Morgan fingerprint density at radius 3 is 2.77 bits per heavy atom. The van der Waals surface area contributed by atoms with Gasteiger partial charge in [-0.3, -0.25) is 4.79 Å². The van der Waals surface area contributed by atoms with Crippen molar-refractivity contribution in [3.63, 3.8) is 0 Å². The maximum atomic E-state index is 12.5. The van der Waals surface area contributed by atoms with Crippen molar-refractivity contribution in [2.24, 2.45) is 0 Å². The van der Waals surface area contributed by atoms with Crippen molar-refractivity contribution in [2.45, 2.75) is 38.1 Å². The van der Waals surface area contributed by atoms with Crippen molar-refractivity contribution in [3.05, 3.63) is 48.0 Å². The molecule has 1 fully saturated rings. The standard InChI is InChI=1S/C19H23NO2/c1-2-22-19(21)18(17-9-5-6-12-20-17)16-11-10-14-7-3-4-8-15(14)13-16/h3-4,7-8,10-11,13,17-18,20H,2,5-6,9,12H2,1H3/t17-,18-/m0/s1. The Kier molecular flexibility index (Phi) is 4.74.